The first-order valence-corrected chi connectivity index (χ1v) is 11.0. The van der Waals surface area contributed by atoms with Crippen molar-refractivity contribution in [2.24, 2.45) is 13.0 Å². The molecule has 2 atom stereocenters. The fourth-order valence-electron chi connectivity index (χ4n) is 3.49. The number of aromatic amines is 1. The van der Waals surface area contributed by atoms with Crippen LogP contribution in [-0.2, 0) is 24.7 Å². The van der Waals surface area contributed by atoms with Crippen molar-refractivity contribution >= 4 is 45.0 Å². The number of thioether (sulfide) groups is 1. The Hall–Kier alpha value is -2.64. The molecule has 0 aromatic carbocycles. The second-order valence-electron chi connectivity index (χ2n) is 7.29. The summed E-state index contributed by atoms with van der Waals surface area (Å²) in [4.78, 5) is 34.7. The van der Waals surface area contributed by atoms with Crippen LogP contribution in [0.15, 0.2) is 16.1 Å². The first-order chi connectivity index (χ1) is 13.9. The molecular weight excluding hydrogens is 408 g/mol. The van der Waals surface area contributed by atoms with Crippen LogP contribution >= 0.6 is 23.1 Å². The number of hydrogen-bond donors (Lipinski definition) is 2. The second kappa shape index (κ2) is 7.65. The van der Waals surface area contributed by atoms with Crippen molar-refractivity contribution in [2.75, 3.05) is 5.32 Å². The number of aromatic nitrogens is 4. The monoisotopic (exact) mass is 428 g/mol. The van der Waals surface area contributed by atoms with E-state index >= 15 is 0 Å². The Labute approximate surface area is 175 Å². The minimum absolute atomic E-state index is 0.143. The van der Waals surface area contributed by atoms with E-state index in [1.165, 1.54) is 27.5 Å². The second-order valence-corrected chi connectivity index (χ2v) is 9.71. The number of carbonyl (C=O) groups excluding carboxylic acids is 1. The number of fused-ring (bicyclic) bond motifs is 3. The molecule has 1 amide bonds. The van der Waals surface area contributed by atoms with E-state index < -0.39 is 5.25 Å². The molecule has 2 unspecified atom stereocenters. The third-order valence-corrected chi connectivity index (χ3v) is 7.23. The van der Waals surface area contributed by atoms with Crippen molar-refractivity contribution in [1.82, 2.24) is 19.7 Å². The van der Waals surface area contributed by atoms with E-state index in [1.54, 1.807) is 25.3 Å². The number of rotatable bonds is 4. The van der Waals surface area contributed by atoms with Crippen molar-refractivity contribution in [2.45, 2.75) is 43.5 Å². The molecule has 0 saturated heterocycles. The highest BCUT2D eigenvalue weighted by molar-refractivity contribution is 8.00. The SMILES string of the molecule is CC1CCc2c(sc3nc(SC(C)C(=O)Nc4c(C#N)cnn4C)[nH]c(=O)c23)C1. The highest BCUT2D eigenvalue weighted by Crippen LogP contribution is 2.36. The molecule has 0 fully saturated rings. The van der Waals surface area contributed by atoms with Gasteiger partial charge in [0.2, 0.25) is 5.91 Å². The highest BCUT2D eigenvalue weighted by atomic mass is 32.2. The van der Waals surface area contributed by atoms with Crippen molar-refractivity contribution in [3.05, 3.63) is 32.6 Å². The number of H-pyrrole nitrogens is 1. The summed E-state index contributed by atoms with van der Waals surface area (Å²) in [7, 11) is 1.65. The van der Waals surface area contributed by atoms with Crippen molar-refractivity contribution in [3.63, 3.8) is 0 Å². The van der Waals surface area contributed by atoms with Crippen LogP contribution in [0.1, 0.15) is 36.3 Å². The maximum atomic E-state index is 12.7. The van der Waals surface area contributed by atoms with Gasteiger partial charge < -0.3 is 10.3 Å². The van der Waals surface area contributed by atoms with Crippen LogP contribution in [0.5, 0.6) is 0 Å². The van der Waals surface area contributed by atoms with Crippen LogP contribution < -0.4 is 10.9 Å². The number of nitrogens with one attached hydrogen (secondary N) is 2. The lowest BCUT2D eigenvalue weighted by molar-refractivity contribution is -0.115. The molecule has 0 saturated carbocycles. The molecule has 2 N–H and O–H groups in total. The zero-order chi connectivity index (χ0) is 20.7. The number of thiophene rings is 1. The van der Waals surface area contributed by atoms with E-state index in [1.807, 2.05) is 6.07 Å². The van der Waals surface area contributed by atoms with E-state index in [2.05, 4.69) is 27.3 Å². The molecule has 3 heterocycles. The Morgan fingerprint density at radius 1 is 1.55 bits per heavy atom. The smallest absolute Gasteiger partial charge is 0.260 e. The van der Waals surface area contributed by atoms with Gasteiger partial charge in [0, 0.05) is 11.9 Å². The topological polar surface area (TPSA) is 116 Å². The number of nitrogens with zero attached hydrogens (tertiary/aromatic N) is 4. The molecular formula is C19H20N6O2S2. The van der Waals surface area contributed by atoms with Gasteiger partial charge in [0.25, 0.3) is 5.56 Å². The summed E-state index contributed by atoms with van der Waals surface area (Å²) in [5, 5.41) is 16.4. The molecule has 150 valence electrons. The van der Waals surface area contributed by atoms with Crippen LogP contribution in [-0.4, -0.2) is 30.9 Å². The average molecular weight is 429 g/mol. The number of hydrogen-bond acceptors (Lipinski definition) is 7. The number of anilines is 1. The lowest BCUT2D eigenvalue weighted by Gasteiger charge is -2.17. The summed E-state index contributed by atoms with van der Waals surface area (Å²) < 4.78 is 1.44. The van der Waals surface area contributed by atoms with Gasteiger partial charge in [-0.1, -0.05) is 18.7 Å². The van der Waals surface area contributed by atoms with Gasteiger partial charge in [-0.2, -0.15) is 10.4 Å². The summed E-state index contributed by atoms with van der Waals surface area (Å²) >= 11 is 2.77. The maximum Gasteiger partial charge on any atom is 0.260 e. The molecule has 3 aromatic heterocycles. The third kappa shape index (κ3) is 3.68. The quantitative estimate of drug-likeness (QED) is 0.487. The van der Waals surface area contributed by atoms with Crippen LogP contribution in [0.25, 0.3) is 10.2 Å². The molecule has 3 aromatic rings. The molecule has 4 rings (SSSR count). The molecule has 1 aliphatic carbocycles. The van der Waals surface area contributed by atoms with E-state index in [9.17, 15) is 9.59 Å². The van der Waals surface area contributed by atoms with E-state index in [4.69, 9.17) is 5.26 Å². The van der Waals surface area contributed by atoms with E-state index in [-0.39, 0.29) is 11.5 Å². The van der Waals surface area contributed by atoms with Gasteiger partial charge in [-0.15, -0.1) is 11.3 Å². The van der Waals surface area contributed by atoms with Crippen LogP contribution in [0.3, 0.4) is 0 Å². The molecule has 0 aliphatic heterocycles. The predicted molar refractivity (Wildman–Crippen MR) is 113 cm³/mol. The standard InChI is InChI=1S/C19H20N6O2S2/c1-9-4-5-12-13(6-9)29-18-14(12)17(27)23-19(24-18)28-10(2)16(26)22-15-11(7-20)8-21-25(15)3/h8-10H,4-6H2,1-3H3,(H,22,26)(H,23,24,27). The van der Waals surface area contributed by atoms with Gasteiger partial charge in [0.05, 0.1) is 16.8 Å². The molecule has 10 heteroatoms. The zero-order valence-corrected chi connectivity index (χ0v) is 17.9. The molecule has 8 nitrogen and oxygen atoms in total. The number of amides is 1. The predicted octanol–water partition coefficient (Wildman–Crippen LogP) is 2.83. The fourth-order valence-corrected chi connectivity index (χ4v) is 5.73. The molecule has 29 heavy (non-hydrogen) atoms. The van der Waals surface area contributed by atoms with Gasteiger partial charge in [-0.05, 0) is 37.7 Å². The third-order valence-electron chi connectivity index (χ3n) is 5.10. The Morgan fingerprint density at radius 2 is 2.34 bits per heavy atom. The van der Waals surface area contributed by atoms with Crippen LogP contribution in [0, 0.1) is 17.2 Å². The van der Waals surface area contributed by atoms with Gasteiger partial charge in [0.1, 0.15) is 22.3 Å². The highest BCUT2D eigenvalue weighted by Gasteiger charge is 2.24. The Balaban J connectivity index is 1.56. The Bertz CT molecular complexity index is 1200. The van der Waals surface area contributed by atoms with Crippen LogP contribution in [0.2, 0.25) is 0 Å². The molecule has 1 aliphatic rings. The van der Waals surface area contributed by atoms with Crippen molar-refractivity contribution in [1.29, 1.82) is 5.26 Å². The molecule has 0 radical (unpaired) electrons. The van der Waals surface area contributed by atoms with Gasteiger partial charge in [-0.25, -0.2) is 4.98 Å². The lowest BCUT2D eigenvalue weighted by Crippen LogP contribution is -2.25. The van der Waals surface area contributed by atoms with Gasteiger partial charge in [0.15, 0.2) is 5.16 Å². The number of nitriles is 1. The maximum absolute atomic E-state index is 12.7. The summed E-state index contributed by atoms with van der Waals surface area (Å²) in [6, 6.07) is 2.00. The summed E-state index contributed by atoms with van der Waals surface area (Å²) in [6.45, 7) is 3.96. The first-order valence-electron chi connectivity index (χ1n) is 9.31. The normalized spacial score (nSPS) is 17.0. The molecule has 0 spiro atoms. The Kier molecular flexibility index (Phi) is 5.19. The molecule has 0 bridgehead atoms. The van der Waals surface area contributed by atoms with Crippen molar-refractivity contribution in [3.8, 4) is 6.07 Å². The largest absolute Gasteiger partial charge is 0.309 e. The van der Waals surface area contributed by atoms with E-state index in [0.29, 0.717) is 27.8 Å². The first kappa shape index (κ1) is 19.7. The zero-order valence-electron chi connectivity index (χ0n) is 16.3. The van der Waals surface area contributed by atoms with E-state index in [0.717, 1.165) is 29.7 Å². The van der Waals surface area contributed by atoms with Crippen LogP contribution in [0.4, 0.5) is 5.82 Å². The number of carbonyl (C=O) groups is 1. The van der Waals surface area contributed by atoms with Crippen molar-refractivity contribution < 1.29 is 4.79 Å². The summed E-state index contributed by atoms with van der Waals surface area (Å²) in [5.41, 5.74) is 1.29. The van der Waals surface area contributed by atoms with Gasteiger partial charge in [-0.3, -0.25) is 14.3 Å². The fraction of sp³-hybridized carbons (Fsp3) is 0.421. The lowest BCUT2D eigenvalue weighted by atomic mass is 9.89. The number of aryl methyl sites for hydroxylation is 2. The summed E-state index contributed by atoms with van der Waals surface area (Å²) in [6.07, 6.45) is 4.39. The minimum Gasteiger partial charge on any atom is -0.309 e. The Morgan fingerprint density at radius 3 is 3.10 bits per heavy atom. The van der Waals surface area contributed by atoms with Gasteiger partial charge >= 0.3 is 0 Å². The summed E-state index contributed by atoms with van der Waals surface area (Å²) in [5.74, 6) is 0.677. The minimum atomic E-state index is -0.522. The average Bonchev–Trinajstić information content (AvgIpc) is 3.21.